The molecule has 0 aromatic heterocycles. The van der Waals surface area contributed by atoms with Crippen molar-refractivity contribution in [3.05, 3.63) is 29.1 Å². The Balaban J connectivity index is 1.65. The zero-order valence-electron chi connectivity index (χ0n) is 14.4. The summed E-state index contributed by atoms with van der Waals surface area (Å²) in [5.74, 6) is -0.178. The van der Waals surface area contributed by atoms with Crippen LogP contribution in [0.3, 0.4) is 0 Å². The van der Waals surface area contributed by atoms with E-state index in [1.54, 1.807) is 11.8 Å². The lowest BCUT2D eigenvalue weighted by Gasteiger charge is -2.40. The number of ether oxygens (including phenoxy) is 2. The van der Waals surface area contributed by atoms with Crippen LogP contribution in [0.5, 0.6) is 5.75 Å². The molecule has 5 nitrogen and oxygen atoms in total. The molecule has 0 bridgehead atoms. The number of likely N-dealkylation sites (tertiary alicyclic amines) is 1. The lowest BCUT2D eigenvalue weighted by molar-refractivity contribution is 0.00154. The van der Waals surface area contributed by atoms with Crippen LogP contribution in [0.2, 0.25) is 0 Å². The number of amides is 1. The summed E-state index contributed by atoms with van der Waals surface area (Å²) >= 11 is 0. The normalized spacial score (nSPS) is 20.2. The van der Waals surface area contributed by atoms with Crippen LogP contribution >= 0.6 is 0 Å². The van der Waals surface area contributed by atoms with Gasteiger partial charge in [-0.1, -0.05) is 0 Å². The average molecular weight is 336 g/mol. The lowest BCUT2D eigenvalue weighted by atomic mass is 10.0. The van der Waals surface area contributed by atoms with E-state index in [2.05, 4.69) is 4.90 Å². The molecule has 0 radical (unpaired) electrons. The molecular formula is C18H25FN2O3. The van der Waals surface area contributed by atoms with Crippen LogP contribution in [-0.2, 0) is 4.74 Å². The van der Waals surface area contributed by atoms with Crippen molar-refractivity contribution in [3.8, 4) is 5.75 Å². The number of piperidine rings is 1. The van der Waals surface area contributed by atoms with Gasteiger partial charge in [-0.2, -0.15) is 0 Å². The van der Waals surface area contributed by atoms with Crippen LogP contribution in [0, 0.1) is 12.7 Å². The van der Waals surface area contributed by atoms with E-state index in [0.717, 1.165) is 39.1 Å². The van der Waals surface area contributed by atoms with Gasteiger partial charge in [-0.05, 0) is 37.5 Å². The van der Waals surface area contributed by atoms with Gasteiger partial charge in [0.05, 0.1) is 25.9 Å². The number of carbonyl (C=O) groups excluding carboxylic acids is 1. The maximum atomic E-state index is 14.2. The zero-order chi connectivity index (χ0) is 17.1. The molecule has 0 N–H and O–H groups in total. The molecule has 6 heteroatoms. The topological polar surface area (TPSA) is 42.0 Å². The first-order valence-corrected chi connectivity index (χ1v) is 8.55. The first-order valence-electron chi connectivity index (χ1n) is 8.55. The molecular weight excluding hydrogens is 311 g/mol. The summed E-state index contributed by atoms with van der Waals surface area (Å²) < 4.78 is 24.8. The van der Waals surface area contributed by atoms with Crippen LogP contribution in [0.25, 0.3) is 0 Å². The number of carbonyl (C=O) groups is 1. The van der Waals surface area contributed by atoms with Crippen molar-refractivity contribution in [1.82, 2.24) is 9.80 Å². The summed E-state index contributed by atoms with van der Waals surface area (Å²) in [5.41, 5.74) is 0.792. The molecule has 3 rings (SSSR count). The molecule has 2 aliphatic heterocycles. The molecule has 2 fully saturated rings. The monoisotopic (exact) mass is 336 g/mol. The van der Waals surface area contributed by atoms with E-state index < -0.39 is 5.82 Å². The van der Waals surface area contributed by atoms with Crippen LogP contribution in [0.4, 0.5) is 4.39 Å². The summed E-state index contributed by atoms with van der Waals surface area (Å²) in [6, 6.07) is 3.38. The molecule has 0 saturated carbocycles. The Morgan fingerprint density at radius 2 is 1.88 bits per heavy atom. The second kappa shape index (κ2) is 7.49. The molecule has 0 atom stereocenters. The first-order chi connectivity index (χ1) is 11.6. The van der Waals surface area contributed by atoms with E-state index in [1.165, 1.54) is 19.2 Å². The van der Waals surface area contributed by atoms with Gasteiger partial charge in [-0.25, -0.2) is 4.39 Å². The third-order valence-corrected chi connectivity index (χ3v) is 5.03. The van der Waals surface area contributed by atoms with Gasteiger partial charge in [0.1, 0.15) is 11.6 Å². The summed E-state index contributed by atoms with van der Waals surface area (Å²) in [6.07, 6.45) is 1.85. The highest BCUT2D eigenvalue weighted by atomic mass is 19.1. The van der Waals surface area contributed by atoms with Crippen molar-refractivity contribution < 1.29 is 18.7 Å². The molecule has 1 amide bonds. The molecule has 1 aromatic carbocycles. The molecule has 132 valence electrons. The summed E-state index contributed by atoms with van der Waals surface area (Å²) in [7, 11) is 1.53. The van der Waals surface area contributed by atoms with Gasteiger partial charge >= 0.3 is 0 Å². The molecule has 2 aliphatic rings. The van der Waals surface area contributed by atoms with Crippen molar-refractivity contribution >= 4 is 5.91 Å². The Labute approximate surface area is 142 Å². The Bertz CT molecular complexity index is 594. The number of aryl methyl sites for hydroxylation is 1. The highest BCUT2D eigenvalue weighted by Gasteiger charge is 2.29. The predicted octanol–water partition coefficient (Wildman–Crippen LogP) is 2.08. The fraction of sp³-hybridized carbons (Fsp3) is 0.611. The van der Waals surface area contributed by atoms with Gasteiger partial charge in [-0.15, -0.1) is 0 Å². The third-order valence-electron chi connectivity index (χ3n) is 5.03. The maximum Gasteiger partial charge on any atom is 0.256 e. The van der Waals surface area contributed by atoms with E-state index in [1.807, 2.05) is 0 Å². The Hall–Kier alpha value is -1.66. The van der Waals surface area contributed by atoms with E-state index in [4.69, 9.17) is 9.47 Å². The summed E-state index contributed by atoms with van der Waals surface area (Å²) in [4.78, 5) is 16.9. The first kappa shape index (κ1) is 17.2. The number of nitrogens with zero attached hydrogens (tertiary/aromatic N) is 2. The van der Waals surface area contributed by atoms with Crippen LogP contribution < -0.4 is 4.74 Å². The molecule has 2 saturated heterocycles. The second-order valence-electron chi connectivity index (χ2n) is 6.47. The van der Waals surface area contributed by atoms with Crippen molar-refractivity contribution in [2.75, 3.05) is 46.5 Å². The minimum atomic E-state index is -0.478. The quantitative estimate of drug-likeness (QED) is 0.848. The van der Waals surface area contributed by atoms with Gasteiger partial charge in [0.2, 0.25) is 0 Å². The van der Waals surface area contributed by atoms with Crippen molar-refractivity contribution in [3.63, 3.8) is 0 Å². The minimum Gasteiger partial charge on any atom is -0.496 e. The smallest absolute Gasteiger partial charge is 0.256 e. The Morgan fingerprint density at radius 1 is 1.21 bits per heavy atom. The Morgan fingerprint density at radius 3 is 2.50 bits per heavy atom. The molecule has 2 heterocycles. The lowest BCUT2D eigenvalue weighted by Crippen LogP contribution is -2.50. The summed E-state index contributed by atoms with van der Waals surface area (Å²) in [5, 5.41) is 0. The standard InChI is InChI=1S/C18H25FN2O3/c1-13-11-16(19)15(12-17(13)23-2)18(22)21-5-3-14(4-6-21)20-7-9-24-10-8-20/h11-12,14H,3-10H2,1-2H3. The van der Waals surface area contributed by atoms with Crippen molar-refractivity contribution in [1.29, 1.82) is 0 Å². The average Bonchev–Trinajstić information content (AvgIpc) is 2.62. The molecule has 1 aromatic rings. The van der Waals surface area contributed by atoms with E-state index >= 15 is 0 Å². The number of methoxy groups -OCH3 is 1. The number of hydrogen-bond donors (Lipinski definition) is 0. The minimum absolute atomic E-state index is 0.0993. The summed E-state index contributed by atoms with van der Waals surface area (Å²) in [6.45, 7) is 6.59. The van der Waals surface area contributed by atoms with Gasteiger partial charge in [0, 0.05) is 32.2 Å². The highest BCUT2D eigenvalue weighted by Crippen LogP contribution is 2.25. The van der Waals surface area contributed by atoms with Crippen LogP contribution in [0.1, 0.15) is 28.8 Å². The molecule has 0 unspecified atom stereocenters. The third kappa shape index (κ3) is 3.54. The van der Waals surface area contributed by atoms with E-state index in [9.17, 15) is 9.18 Å². The van der Waals surface area contributed by atoms with Gasteiger partial charge in [0.25, 0.3) is 5.91 Å². The number of hydrogen-bond acceptors (Lipinski definition) is 4. The van der Waals surface area contributed by atoms with Gasteiger partial charge in [0.15, 0.2) is 0 Å². The van der Waals surface area contributed by atoms with Crippen LogP contribution in [-0.4, -0.2) is 68.3 Å². The number of rotatable bonds is 3. The fourth-order valence-electron chi connectivity index (χ4n) is 3.58. The highest BCUT2D eigenvalue weighted by molar-refractivity contribution is 5.95. The van der Waals surface area contributed by atoms with Gasteiger partial charge < -0.3 is 14.4 Å². The Kier molecular flexibility index (Phi) is 5.36. The van der Waals surface area contributed by atoms with Crippen LogP contribution in [0.15, 0.2) is 12.1 Å². The molecule has 0 spiro atoms. The van der Waals surface area contributed by atoms with Crippen molar-refractivity contribution in [2.24, 2.45) is 0 Å². The van der Waals surface area contributed by atoms with E-state index in [-0.39, 0.29) is 11.5 Å². The van der Waals surface area contributed by atoms with Crippen molar-refractivity contribution in [2.45, 2.75) is 25.8 Å². The molecule has 24 heavy (non-hydrogen) atoms. The number of benzene rings is 1. The van der Waals surface area contributed by atoms with E-state index in [0.29, 0.717) is 30.4 Å². The second-order valence-corrected chi connectivity index (χ2v) is 6.47. The maximum absolute atomic E-state index is 14.2. The number of morpholine rings is 1. The zero-order valence-corrected chi connectivity index (χ0v) is 14.4. The largest absolute Gasteiger partial charge is 0.496 e. The number of halogens is 1. The fourth-order valence-corrected chi connectivity index (χ4v) is 3.58. The van der Waals surface area contributed by atoms with Gasteiger partial charge in [-0.3, -0.25) is 9.69 Å². The predicted molar refractivity (Wildman–Crippen MR) is 89.0 cm³/mol. The molecule has 0 aliphatic carbocycles. The SMILES string of the molecule is COc1cc(C(=O)N2CCC(N3CCOCC3)CC2)c(F)cc1C.